The molecule has 0 bridgehead atoms. The minimum atomic E-state index is 0.351. The number of hydrogen-bond donors (Lipinski definition) is 1. The molecule has 0 saturated carbocycles. The molecule has 1 heterocycles. The molecule has 0 amide bonds. The maximum absolute atomic E-state index is 9.13. The Balaban J connectivity index is 1.65. The molecule has 1 fully saturated rings. The van der Waals surface area contributed by atoms with Crippen LogP contribution >= 0.6 is 0 Å². The van der Waals surface area contributed by atoms with Gasteiger partial charge in [0.2, 0.25) is 0 Å². The summed E-state index contributed by atoms with van der Waals surface area (Å²) < 4.78 is 5.88. The molecule has 0 spiro atoms. The first-order valence-corrected chi connectivity index (χ1v) is 7.72. The molecule has 1 saturated heterocycles. The van der Waals surface area contributed by atoms with Gasteiger partial charge in [-0.05, 0) is 69.3 Å². The van der Waals surface area contributed by atoms with E-state index in [2.05, 4.69) is 36.9 Å². The van der Waals surface area contributed by atoms with Crippen LogP contribution in [0.4, 0.5) is 0 Å². The van der Waals surface area contributed by atoms with Crippen LogP contribution in [-0.4, -0.2) is 42.9 Å². The van der Waals surface area contributed by atoms with Gasteiger partial charge >= 0.3 is 0 Å². The predicted octanol–water partition coefficient (Wildman–Crippen LogP) is 2.78. The van der Waals surface area contributed by atoms with Crippen molar-refractivity contribution in [2.45, 2.75) is 33.1 Å². The van der Waals surface area contributed by atoms with Gasteiger partial charge in [-0.2, -0.15) is 0 Å². The highest BCUT2D eigenvalue weighted by Gasteiger charge is 2.17. The maximum Gasteiger partial charge on any atom is 0.122 e. The highest BCUT2D eigenvalue weighted by atomic mass is 16.5. The highest BCUT2D eigenvalue weighted by Crippen LogP contribution is 2.20. The summed E-state index contributed by atoms with van der Waals surface area (Å²) in [4.78, 5) is 2.48. The van der Waals surface area contributed by atoms with Crippen LogP contribution in [0.15, 0.2) is 18.2 Å². The van der Waals surface area contributed by atoms with E-state index in [1.54, 1.807) is 0 Å². The van der Waals surface area contributed by atoms with Gasteiger partial charge in [-0.15, -0.1) is 0 Å². The van der Waals surface area contributed by atoms with Crippen LogP contribution in [0.1, 0.15) is 30.4 Å². The Bertz CT molecular complexity index is 411. The topological polar surface area (TPSA) is 32.7 Å². The normalized spacial score (nSPS) is 17.4. The number of benzene rings is 1. The fourth-order valence-electron chi connectivity index (χ4n) is 2.73. The van der Waals surface area contributed by atoms with Crippen molar-refractivity contribution in [3.05, 3.63) is 29.3 Å². The van der Waals surface area contributed by atoms with E-state index in [1.165, 1.54) is 11.1 Å². The van der Waals surface area contributed by atoms with Crippen LogP contribution in [0.3, 0.4) is 0 Å². The molecule has 1 aliphatic rings. The number of aliphatic hydroxyl groups excluding tert-OH is 1. The molecule has 0 aromatic heterocycles. The summed E-state index contributed by atoms with van der Waals surface area (Å²) in [5.41, 5.74) is 2.45. The summed E-state index contributed by atoms with van der Waals surface area (Å²) in [5, 5.41) is 9.13. The Morgan fingerprint density at radius 2 is 2.00 bits per heavy atom. The zero-order valence-electron chi connectivity index (χ0n) is 12.8. The smallest absolute Gasteiger partial charge is 0.122 e. The lowest BCUT2D eigenvalue weighted by molar-refractivity contribution is 0.126. The molecule has 1 aromatic rings. The van der Waals surface area contributed by atoms with E-state index in [4.69, 9.17) is 9.84 Å². The lowest BCUT2D eigenvalue weighted by Gasteiger charge is -2.30. The third-order valence-corrected chi connectivity index (χ3v) is 4.19. The lowest BCUT2D eigenvalue weighted by atomic mass is 9.98. The third-order valence-electron chi connectivity index (χ3n) is 4.19. The fraction of sp³-hybridized carbons (Fsp3) is 0.647. The molecular weight excluding hydrogens is 250 g/mol. The molecule has 1 aliphatic heterocycles. The van der Waals surface area contributed by atoms with Crippen molar-refractivity contribution in [3.8, 4) is 5.75 Å². The van der Waals surface area contributed by atoms with Gasteiger partial charge in [-0.1, -0.05) is 12.1 Å². The Kier molecular flexibility index (Phi) is 5.86. The number of ether oxygens (including phenoxy) is 1. The van der Waals surface area contributed by atoms with Crippen LogP contribution in [0.2, 0.25) is 0 Å². The molecule has 3 nitrogen and oxygen atoms in total. The molecule has 0 radical (unpaired) electrons. The van der Waals surface area contributed by atoms with Crippen LogP contribution < -0.4 is 4.74 Å². The van der Waals surface area contributed by atoms with Gasteiger partial charge in [0, 0.05) is 13.2 Å². The molecular formula is C17H27NO2. The number of nitrogens with zero attached hydrogens (tertiary/aromatic N) is 1. The van der Waals surface area contributed by atoms with E-state index >= 15 is 0 Å². The molecule has 2 rings (SSSR count). The number of aryl methyl sites for hydroxylation is 2. The number of rotatable bonds is 6. The Morgan fingerprint density at radius 1 is 1.25 bits per heavy atom. The van der Waals surface area contributed by atoms with Crippen LogP contribution in [-0.2, 0) is 0 Å². The highest BCUT2D eigenvalue weighted by molar-refractivity contribution is 5.35. The minimum absolute atomic E-state index is 0.351. The molecule has 3 heteroatoms. The first kappa shape index (κ1) is 15.3. The van der Waals surface area contributed by atoms with E-state index in [1.807, 2.05) is 0 Å². The summed E-state index contributed by atoms with van der Waals surface area (Å²) in [6, 6.07) is 6.35. The van der Waals surface area contributed by atoms with Crippen molar-refractivity contribution in [1.29, 1.82) is 0 Å². The van der Waals surface area contributed by atoms with Gasteiger partial charge in [0.25, 0.3) is 0 Å². The Hall–Kier alpha value is -1.06. The van der Waals surface area contributed by atoms with E-state index in [9.17, 15) is 0 Å². The zero-order valence-corrected chi connectivity index (χ0v) is 12.8. The first-order chi connectivity index (χ1) is 9.69. The molecule has 20 heavy (non-hydrogen) atoms. The molecule has 1 N–H and O–H groups in total. The summed E-state index contributed by atoms with van der Waals surface area (Å²) in [5.74, 6) is 1.54. The van der Waals surface area contributed by atoms with Gasteiger partial charge in [0.1, 0.15) is 5.75 Å². The van der Waals surface area contributed by atoms with E-state index < -0.39 is 0 Å². The van der Waals surface area contributed by atoms with Crippen LogP contribution in [0.25, 0.3) is 0 Å². The lowest BCUT2D eigenvalue weighted by Crippen LogP contribution is -2.35. The number of aliphatic hydroxyl groups is 1. The second kappa shape index (κ2) is 7.65. The Morgan fingerprint density at radius 3 is 2.70 bits per heavy atom. The van der Waals surface area contributed by atoms with Crippen molar-refractivity contribution in [1.82, 2.24) is 4.90 Å². The van der Waals surface area contributed by atoms with Crippen molar-refractivity contribution in [2.75, 3.05) is 32.8 Å². The summed E-state index contributed by atoms with van der Waals surface area (Å²) in [7, 11) is 0. The molecule has 0 aliphatic carbocycles. The quantitative estimate of drug-likeness (QED) is 0.812. The van der Waals surface area contributed by atoms with E-state index in [-0.39, 0.29) is 0 Å². The number of piperidine rings is 1. The van der Waals surface area contributed by atoms with Gasteiger partial charge < -0.3 is 14.7 Å². The average molecular weight is 277 g/mol. The minimum Gasteiger partial charge on any atom is -0.493 e. The number of hydrogen-bond acceptors (Lipinski definition) is 3. The van der Waals surface area contributed by atoms with Gasteiger partial charge in [0.05, 0.1) is 6.61 Å². The summed E-state index contributed by atoms with van der Waals surface area (Å²) in [6.07, 6.45) is 3.33. The molecule has 0 unspecified atom stereocenters. The summed E-state index contributed by atoms with van der Waals surface area (Å²) >= 11 is 0. The van der Waals surface area contributed by atoms with E-state index in [0.717, 1.165) is 51.3 Å². The van der Waals surface area contributed by atoms with Crippen molar-refractivity contribution < 1.29 is 9.84 Å². The molecule has 1 aromatic carbocycles. The Labute approximate surface area is 122 Å². The van der Waals surface area contributed by atoms with Gasteiger partial charge in [-0.25, -0.2) is 0 Å². The average Bonchev–Trinajstić information content (AvgIpc) is 2.47. The largest absolute Gasteiger partial charge is 0.493 e. The van der Waals surface area contributed by atoms with Gasteiger partial charge in [0.15, 0.2) is 0 Å². The summed E-state index contributed by atoms with van der Waals surface area (Å²) in [6.45, 7) is 8.66. The zero-order chi connectivity index (χ0) is 14.4. The van der Waals surface area contributed by atoms with Crippen molar-refractivity contribution in [3.63, 3.8) is 0 Å². The SMILES string of the molecule is Cc1ccc(C)c(OCCCN2CCC(CO)CC2)c1. The predicted molar refractivity (Wildman–Crippen MR) is 82.3 cm³/mol. The van der Waals surface area contributed by atoms with Crippen molar-refractivity contribution in [2.24, 2.45) is 5.92 Å². The third kappa shape index (κ3) is 4.50. The maximum atomic E-state index is 9.13. The second-order valence-corrected chi connectivity index (χ2v) is 5.94. The van der Waals surface area contributed by atoms with E-state index in [0.29, 0.717) is 12.5 Å². The second-order valence-electron chi connectivity index (χ2n) is 5.94. The number of likely N-dealkylation sites (tertiary alicyclic amines) is 1. The fourth-order valence-corrected chi connectivity index (χ4v) is 2.73. The van der Waals surface area contributed by atoms with Crippen LogP contribution in [0, 0.1) is 19.8 Å². The monoisotopic (exact) mass is 277 g/mol. The standard InChI is InChI=1S/C17H27NO2/c1-14-4-5-15(2)17(12-14)20-11-3-8-18-9-6-16(13-19)7-10-18/h4-5,12,16,19H,3,6-11,13H2,1-2H3. The van der Waals surface area contributed by atoms with Crippen molar-refractivity contribution >= 4 is 0 Å². The van der Waals surface area contributed by atoms with Gasteiger partial charge in [-0.3, -0.25) is 0 Å². The van der Waals surface area contributed by atoms with Crippen LogP contribution in [0.5, 0.6) is 5.75 Å². The molecule has 0 atom stereocenters. The first-order valence-electron chi connectivity index (χ1n) is 7.72. The molecule has 112 valence electrons.